The first-order valence-corrected chi connectivity index (χ1v) is 6.73. The summed E-state index contributed by atoms with van der Waals surface area (Å²) >= 11 is 0. The third kappa shape index (κ3) is 2.31. The Morgan fingerprint density at radius 2 is 2.00 bits per heavy atom. The summed E-state index contributed by atoms with van der Waals surface area (Å²) in [5, 5.41) is 3.50. The van der Waals surface area contributed by atoms with E-state index in [1.807, 2.05) is 12.1 Å². The van der Waals surface area contributed by atoms with Gasteiger partial charge in [0, 0.05) is 12.1 Å². The second-order valence-corrected chi connectivity index (χ2v) is 4.99. The van der Waals surface area contributed by atoms with E-state index < -0.39 is 0 Å². The van der Waals surface area contributed by atoms with Crippen molar-refractivity contribution in [3.63, 3.8) is 0 Å². The fourth-order valence-corrected chi connectivity index (χ4v) is 2.68. The van der Waals surface area contributed by atoms with E-state index in [1.165, 1.54) is 12.8 Å². The molecule has 2 atom stereocenters. The first-order valence-electron chi connectivity index (χ1n) is 6.73. The number of nitrogens with two attached hydrogens (primary N) is 1. The number of nitrogens with one attached hydrogen (secondary N) is 1. The lowest BCUT2D eigenvalue weighted by molar-refractivity contribution is 0.171. The highest BCUT2D eigenvalue weighted by Crippen LogP contribution is 2.33. The second kappa shape index (κ2) is 5.16. The van der Waals surface area contributed by atoms with Gasteiger partial charge in [-0.3, -0.25) is 0 Å². The Morgan fingerprint density at radius 1 is 1.17 bits per heavy atom. The Balaban J connectivity index is 1.78. The summed E-state index contributed by atoms with van der Waals surface area (Å²) in [4.78, 5) is 0. The van der Waals surface area contributed by atoms with Gasteiger partial charge >= 0.3 is 0 Å². The minimum absolute atomic E-state index is 0.0288. The molecule has 1 saturated heterocycles. The highest BCUT2D eigenvalue weighted by Gasteiger charge is 2.23. The molecule has 1 aromatic rings. The lowest BCUT2D eigenvalue weighted by Gasteiger charge is -2.29. The average molecular weight is 248 g/mol. The Hall–Kier alpha value is -1.26. The molecule has 0 spiro atoms. The molecule has 98 valence electrons. The van der Waals surface area contributed by atoms with Crippen LogP contribution in [0.4, 0.5) is 0 Å². The van der Waals surface area contributed by atoms with Gasteiger partial charge in [-0.2, -0.15) is 0 Å². The Kier molecular flexibility index (Phi) is 3.39. The molecule has 2 aliphatic heterocycles. The lowest BCUT2D eigenvalue weighted by Crippen LogP contribution is -2.42. The number of benzene rings is 1. The predicted molar refractivity (Wildman–Crippen MR) is 70.0 cm³/mol. The van der Waals surface area contributed by atoms with E-state index in [1.54, 1.807) is 0 Å². The van der Waals surface area contributed by atoms with Gasteiger partial charge in [-0.25, -0.2) is 0 Å². The van der Waals surface area contributed by atoms with Gasteiger partial charge < -0.3 is 20.5 Å². The summed E-state index contributed by atoms with van der Waals surface area (Å²) in [7, 11) is 0. The lowest BCUT2D eigenvalue weighted by atomic mass is 9.93. The van der Waals surface area contributed by atoms with E-state index in [4.69, 9.17) is 15.2 Å². The van der Waals surface area contributed by atoms with Crippen LogP contribution in [-0.2, 0) is 0 Å². The Labute approximate surface area is 107 Å². The standard InChI is InChI=1S/C14H20N2O2/c15-14(11-3-1-2-6-16-11)10-4-5-12-13(9-10)18-8-7-17-12/h4-5,9,11,14,16H,1-3,6-8,15H2. The van der Waals surface area contributed by atoms with Crippen molar-refractivity contribution in [1.82, 2.24) is 5.32 Å². The fourth-order valence-electron chi connectivity index (χ4n) is 2.68. The number of hydrogen-bond acceptors (Lipinski definition) is 4. The van der Waals surface area contributed by atoms with E-state index in [-0.39, 0.29) is 6.04 Å². The number of ether oxygens (including phenoxy) is 2. The zero-order valence-electron chi connectivity index (χ0n) is 10.5. The summed E-state index contributed by atoms with van der Waals surface area (Å²) in [6, 6.07) is 6.44. The smallest absolute Gasteiger partial charge is 0.161 e. The monoisotopic (exact) mass is 248 g/mol. The topological polar surface area (TPSA) is 56.5 Å². The molecule has 0 aliphatic carbocycles. The van der Waals surface area contributed by atoms with Crippen molar-refractivity contribution in [2.24, 2.45) is 5.73 Å². The van der Waals surface area contributed by atoms with Gasteiger partial charge in [-0.05, 0) is 37.1 Å². The molecule has 0 radical (unpaired) electrons. The zero-order chi connectivity index (χ0) is 12.4. The minimum atomic E-state index is 0.0288. The number of fused-ring (bicyclic) bond motifs is 1. The van der Waals surface area contributed by atoms with E-state index in [9.17, 15) is 0 Å². The van der Waals surface area contributed by atoms with Crippen LogP contribution in [-0.4, -0.2) is 25.8 Å². The van der Waals surface area contributed by atoms with Gasteiger partial charge in [0.05, 0.1) is 0 Å². The molecule has 2 unspecified atom stereocenters. The Bertz CT molecular complexity index is 416. The summed E-state index contributed by atoms with van der Waals surface area (Å²) in [6.07, 6.45) is 3.66. The maximum absolute atomic E-state index is 6.34. The van der Waals surface area contributed by atoms with Crippen molar-refractivity contribution < 1.29 is 9.47 Å². The normalized spacial score (nSPS) is 24.6. The summed E-state index contributed by atoms with van der Waals surface area (Å²) in [6.45, 7) is 2.32. The van der Waals surface area contributed by atoms with Gasteiger partial charge in [0.2, 0.25) is 0 Å². The van der Waals surface area contributed by atoms with Crippen LogP contribution < -0.4 is 20.5 Å². The number of rotatable bonds is 2. The molecular weight excluding hydrogens is 228 g/mol. The molecule has 0 saturated carbocycles. The van der Waals surface area contributed by atoms with Crippen LogP contribution in [0.15, 0.2) is 18.2 Å². The minimum Gasteiger partial charge on any atom is -0.486 e. The van der Waals surface area contributed by atoms with Crippen molar-refractivity contribution >= 4 is 0 Å². The first kappa shape index (κ1) is 11.8. The van der Waals surface area contributed by atoms with Crippen molar-refractivity contribution in [3.8, 4) is 11.5 Å². The second-order valence-electron chi connectivity index (χ2n) is 4.99. The molecule has 18 heavy (non-hydrogen) atoms. The van der Waals surface area contributed by atoms with Crippen molar-refractivity contribution in [1.29, 1.82) is 0 Å². The number of hydrogen-bond donors (Lipinski definition) is 2. The molecular formula is C14H20N2O2. The molecule has 0 aromatic heterocycles. The molecule has 1 aromatic carbocycles. The van der Waals surface area contributed by atoms with Crippen molar-refractivity contribution in [2.75, 3.05) is 19.8 Å². The van der Waals surface area contributed by atoms with Crippen LogP contribution in [0.1, 0.15) is 30.9 Å². The van der Waals surface area contributed by atoms with E-state index in [2.05, 4.69) is 11.4 Å². The maximum Gasteiger partial charge on any atom is 0.161 e. The zero-order valence-corrected chi connectivity index (χ0v) is 10.5. The number of piperidine rings is 1. The largest absolute Gasteiger partial charge is 0.486 e. The highest BCUT2D eigenvalue weighted by atomic mass is 16.6. The fraction of sp³-hybridized carbons (Fsp3) is 0.571. The van der Waals surface area contributed by atoms with E-state index in [0.29, 0.717) is 19.3 Å². The molecule has 0 amide bonds. The maximum atomic E-state index is 6.34. The molecule has 2 heterocycles. The summed E-state index contributed by atoms with van der Waals surface area (Å²) < 4.78 is 11.1. The molecule has 4 heteroatoms. The van der Waals surface area contributed by atoms with Gasteiger partial charge in [0.25, 0.3) is 0 Å². The Morgan fingerprint density at radius 3 is 2.78 bits per heavy atom. The van der Waals surface area contributed by atoms with Crippen LogP contribution in [0.3, 0.4) is 0 Å². The molecule has 4 nitrogen and oxygen atoms in total. The van der Waals surface area contributed by atoms with Crippen LogP contribution in [0.2, 0.25) is 0 Å². The van der Waals surface area contributed by atoms with Crippen LogP contribution >= 0.6 is 0 Å². The van der Waals surface area contributed by atoms with Gasteiger partial charge in [0.15, 0.2) is 11.5 Å². The van der Waals surface area contributed by atoms with E-state index in [0.717, 1.165) is 30.0 Å². The van der Waals surface area contributed by atoms with Gasteiger partial charge in [0.1, 0.15) is 13.2 Å². The molecule has 3 N–H and O–H groups in total. The van der Waals surface area contributed by atoms with Crippen molar-refractivity contribution in [3.05, 3.63) is 23.8 Å². The molecule has 2 aliphatic rings. The van der Waals surface area contributed by atoms with Crippen LogP contribution in [0.5, 0.6) is 11.5 Å². The van der Waals surface area contributed by atoms with Crippen molar-refractivity contribution in [2.45, 2.75) is 31.3 Å². The molecule has 3 rings (SSSR count). The molecule has 1 fully saturated rings. The summed E-state index contributed by atoms with van der Waals surface area (Å²) in [5.74, 6) is 1.65. The van der Waals surface area contributed by atoms with Crippen LogP contribution in [0.25, 0.3) is 0 Å². The van der Waals surface area contributed by atoms with Gasteiger partial charge in [-0.1, -0.05) is 12.5 Å². The third-order valence-electron chi connectivity index (χ3n) is 3.73. The summed E-state index contributed by atoms with van der Waals surface area (Å²) in [5.41, 5.74) is 7.47. The van der Waals surface area contributed by atoms with Crippen LogP contribution in [0, 0.1) is 0 Å². The highest BCUT2D eigenvalue weighted by molar-refractivity contribution is 5.44. The average Bonchev–Trinajstić information content (AvgIpc) is 2.47. The molecule has 0 bridgehead atoms. The van der Waals surface area contributed by atoms with E-state index >= 15 is 0 Å². The van der Waals surface area contributed by atoms with Gasteiger partial charge in [-0.15, -0.1) is 0 Å². The third-order valence-corrected chi connectivity index (χ3v) is 3.73. The SMILES string of the molecule is NC(c1ccc2c(c1)OCCO2)C1CCCCN1. The first-order chi connectivity index (χ1) is 8.84. The quantitative estimate of drug-likeness (QED) is 0.834. The predicted octanol–water partition coefficient (Wildman–Crippen LogP) is 1.60.